The summed E-state index contributed by atoms with van der Waals surface area (Å²) >= 11 is 0. The molecule has 0 aromatic carbocycles. The monoisotopic (exact) mass is 294 g/mol. The van der Waals surface area contributed by atoms with Crippen LogP contribution in [0.4, 0.5) is 0 Å². The Kier molecular flexibility index (Phi) is 5.35. The molecule has 1 aliphatic rings. The summed E-state index contributed by atoms with van der Waals surface area (Å²) in [5.41, 5.74) is 2.52. The van der Waals surface area contributed by atoms with Crippen LogP contribution in [0, 0.1) is 5.92 Å². The van der Waals surface area contributed by atoms with E-state index in [1.54, 1.807) is 13.0 Å². The highest BCUT2D eigenvalue weighted by atomic mass is 16.3. The number of hydrazine groups is 1. The van der Waals surface area contributed by atoms with Crippen LogP contribution in [0.1, 0.15) is 35.9 Å². The first-order valence-electron chi connectivity index (χ1n) is 7.13. The van der Waals surface area contributed by atoms with E-state index in [0.717, 1.165) is 38.2 Å². The minimum absolute atomic E-state index is 0.0266. The highest BCUT2D eigenvalue weighted by Crippen LogP contribution is 2.19. The van der Waals surface area contributed by atoms with Crippen molar-refractivity contribution in [3.8, 4) is 0 Å². The van der Waals surface area contributed by atoms with Crippen LogP contribution in [-0.4, -0.2) is 36.3 Å². The second kappa shape index (κ2) is 7.24. The molecule has 0 unspecified atom stereocenters. The van der Waals surface area contributed by atoms with E-state index >= 15 is 0 Å². The van der Waals surface area contributed by atoms with Crippen LogP contribution in [-0.2, 0) is 11.3 Å². The fraction of sp³-hybridized carbons (Fsp3) is 0.571. The van der Waals surface area contributed by atoms with Crippen molar-refractivity contribution in [1.82, 2.24) is 15.6 Å². The van der Waals surface area contributed by atoms with E-state index in [2.05, 4.69) is 15.6 Å². The van der Waals surface area contributed by atoms with Gasteiger partial charge in [-0.1, -0.05) is 0 Å². The molecule has 7 nitrogen and oxygen atoms in total. The molecule has 2 heterocycles. The van der Waals surface area contributed by atoms with Gasteiger partial charge in [-0.15, -0.1) is 0 Å². The second-order valence-electron chi connectivity index (χ2n) is 5.43. The molecule has 1 aliphatic heterocycles. The number of piperidine rings is 1. The molecule has 1 aromatic heterocycles. The lowest BCUT2D eigenvalue weighted by molar-refractivity contribution is -0.119. The number of hydrogen-bond acceptors (Lipinski definition) is 5. The third kappa shape index (κ3) is 4.57. The number of likely N-dealkylation sites (tertiary alicyclic amines) is 1. The van der Waals surface area contributed by atoms with Crippen molar-refractivity contribution in [2.75, 3.05) is 19.6 Å². The Bertz CT molecular complexity index is 492. The summed E-state index contributed by atoms with van der Waals surface area (Å²) in [6.07, 6.45) is 3.52. The average molecular weight is 294 g/mol. The van der Waals surface area contributed by atoms with Gasteiger partial charge < -0.3 is 9.73 Å². The molecule has 0 spiro atoms. The molecule has 0 atom stereocenters. The lowest BCUT2D eigenvalue weighted by atomic mass is 9.96. The van der Waals surface area contributed by atoms with Crippen LogP contribution in [0.25, 0.3) is 0 Å². The summed E-state index contributed by atoms with van der Waals surface area (Å²) in [4.78, 5) is 24.5. The summed E-state index contributed by atoms with van der Waals surface area (Å²) in [5, 5.41) is 2.87. The predicted molar refractivity (Wildman–Crippen MR) is 77.0 cm³/mol. The molecule has 0 bridgehead atoms. The molecule has 1 aromatic rings. The lowest BCUT2D eigenvalue weighted by Crippen LogP contribution is -2.37. The number of carbonyl (C=O) groups excluding carboxylic acids is 2. The summed E-state index contributed by atoms with van der Waals surface area (Å²) in [5.74, 6) is 6.06. The zero-order chi connectivity index (χ0) is 15.2. The zero-order valence-electron chi connectivity index (χ0n) is 12.2. The fourth-order valence-electron chi connectivity index (χ4n) is 2.52. The van der Waals surface area contributed by atoms with Crippen LogP contribution in [0.15, 0.2) is 16.7 Å². The van der Waals surface area contributed by atoms with Gasteiger partial charge in [0.05, 0.1) is 12.1 Å². The van der Waals surface area contributed by atoms with E-state index < -0.39 is 0 Å². The molecule has 1 saturated heterocycles. The third-order valence-corrected chi connectivity index (χ3v) is 3.77. The van der Waals surface area contributed by atoms with Crippen molar-refractivity contribution in [3.63, 3.8) is 0 Å². The summed E-state index contributed by atoms with van der Waals surface area (Å²) in [6.45, 7) is 4.91. The molecule has 116 valence electrons. The zero-order valence-corrected chi connectivity index (χ0v) is 12.2. The van der Waals surface area contributed by atoms with Gasteiger partial charge in [0.25, 0.3) is 5.91 Å². The van der Waals surface area contributed by atoms with Crippen LogP contribution in [0.3, 0.4) is 0 Å². The number of nitrogens with two attached hydrogens (primary N) is 1. The normalized spacial score (nSPS) is 16.7. The van der Waals surface area contributed by atoms with Crippen LogP contribution in [0.2, 0.25) is 0 Å². The number of rotatable bonds is 5. The van der Waals surface area contributed by atoms with E-state index in [9.17, 15) is 9.59 Å². The molecule has 1 fully saturated rings. The molecule has 21 heavy (non-hydrogen) atoms. The maximum absolute atomic E-state index is 11.3. The Hall–Kier alpha value is -1.86. The van der Waals surface area contributed by atoms with Crippen LogP contribution < -0.4 is 16.6 Å². The fourth-order valence-corrected chi connectivity index (χ4v) is 2.52. The van der Waals surface area contributed by atoms with E-state index in [0.29, 0.717) is 18.0 Å². The second-order valence-corrected chi connectivity index (χ2v) is 5.43. The summed E-state index contributed by atoms with van der Waals surface area (Å²) in [6, 6.07) is 1.71. The van der Waals surface area contributed by atoms with Crippen molar-refractivity contribution in [3.05, 3.63) is 23.7 Å². The average Bonchev–Trinajstić information content (AvgIpc) is 2.94. The van der Waals surface area contributed by atoms with Gasteiger partial charge in [-0.3, -0.25) is 19.9 Å². The Morgan fingerprint density at radius 2 is 2.14 bits per heavy atom. The highest BCUT2D eigenvalue weighted by Gasteiger charge is 2.20. The number of carbonyl (C=O) groups is 2. The molecular formula is C14H22N4O3. The van der Waals surface area contributed by atoms with Crippen LogP contribution in [0.5, 0.6) is 0 Å². The quantitative estimate of drug-likeness (QED) is 0.410. The van der Waals surface area contributed by atoms with Gasteiger partial charge in [-0.25, -0.2) is 5.84 Å². The van der Waals surface area contributed by atoms with Crippen molar-refractivity contribution in [2.24, 2.45) is 11.8 Å². The van der Waals surface area contributed by atoms with Gasteiger partial charge in [0.15, 0.2) is 0 Å². The summed E-state index contributed by atoms with van der Waals surface area (Å²) < 4.78 is 5.38. The van der Waals surface area contributed by atoms with Crippen molar-refractivity contribution in [1.29, 1.82) is 0 Å². The minimum Gasteiger partial charge on any atom is -0.467 e. The van der Waals surface area contributed by atoms with Gasteiger partial charge in [0, 0.05) is 13.5 Å². The summed E-state index contributed by atoms with van der Waals surface area (Å²) in [7, 11) is 0. The number of amides is 2. The third-order valence-electron chi connectivity index (χ3n) is 3.77. The molecular weight excluding hydrogens is 272 g/mol. The minimum atomic E-state index is -0.348. The topological polar surface area (TPSA) is 101 Å². The lowest BCUT2D eigenvalue weighted by Gasteiger charge is -2.31. The van der Waals surface area contributed by atoms with Gasteiger partial charge in [0.2, 0.25) is 5.91 Å². The molecule has 4 N–H and O–H groups in total. The van der Waals surface area contributed by atoms with Crippen molar-refractivity contribution >= 4 is 11.8 Å². The molecule has 2 amide bonds. The Labute approximate surface area is 123 Å². The Morgan fingerprint density at radius 3 is 2.76 bits per heavy atom. The van der Waals surface area contributed by atoms with Gasteiger partial charge in [-0.2, -0.15) is 0 Å². The number of furan rings is 1. The van der Waals surface area contributed by atoms with E-state index in [1.807, 2.05) is 0 Å². The Balaban J connectivity index is 1.77. The maximum atomic E-state index is 11.3. The number of hydrogen-bond donors (Lipinski definition) is 3. The SMILES string of the molecule is CC(=O)NCC1CCN(Cc2cc(C(=O)NN)co2)CC1. The molecule has 0 saturated carbocycles. The molecule has 0 aliphatic carbocycles. The first-order chi connectivity index (χ1) is 10.1. The van der Waals surface area contributed by atoms with Gasteiger partial charge in [0.1, 0.15) is 12.0 Å². The standard InChI is InChI=1S/C14H22N4O3/c1-10(19)16-7-11-2-4-18(5-3-11)8-13-6-12(9-21-13)14(20)17-15/h6,9,11H,2-5,7-8,15H2,1H3,(H,16,19)(H,17,20). The number of nitrogen functional groups attached to an aromatic ring is 1. The van der Waals surface area contributed by atoms with Crippen molar-refractivity contribution in [2.45, 2.75) is 26.3 Å². The maximum Gasteiger partial charge on any atom is 0.268 e. The van der Waals surface area contributed by atoms with Crippen LogP contribution >= 0.6 is 0 Å². The highest BCUT2D eigenvalue weighted by molar-refractivity contribution is 5.93. The van der Waals surface area contributed by atoms with Gasteiger partial charge in [-0.05, 0) is 37.9 Å². The molecule has 2 rings (SSSR count). The largest absolute Gasteiger partial charge is 0.467 e. The molecule has 0 radical (unpaired) electrons. The van der Waals surface area contributed by atoms with E-state index in [4.69, 9.17) is 10.3 Å². The van der Waals surface area contributed by atoms with E-state index in [-0.39, 0.29) is 11.8 Å². The first kappa shape index (κ1) is 15.5. The number of nitrogens with zero attached hydrogens (tertiary/aromatic N) is 1. The molecule has 7 heteroatoms. The van der Waals surface area contributed by atoms with E-state index in [1.165, 1.54) is 6.26 Å². The smallest absolute Gasteiger partial charge is 0.268 e. The number of nitrogens with one attached hydrogen (secondary N) is 2. The van der Waals surface area contributed by atoms with Gasteiger partial charge >= 0.3 is 0 Å². The van der Waals surface area contributed by atoms with Crippen molar-refractivity contribution < 1.29 is 14.0 Å². The Morgan fingerprint density at radius 1 is 1.43 bits per heavy atom. The first-order valence-corrected chi connectivity index (χ1v) is 7.13. The predicted octanol–water partition coefficient (Wildman–Crippen LogP) is 0.231.